The fraction of sp³-hybridized carbons (Fsp3) is 0.455. The Balaban J connectivity index is 1.55. The number of aromatic nitrogens is 4. The minimum absolute atomic E-state index is 0.109. The first kappa shape index (κ1) is 22.0. The van der Waals surface area contributed by atoms with E-state index in [4.69, 9.17) is 10.5 Å². The van der Waals surface area contributed by atoms with Crippen LogP contribution in [0, 0.1) is 0 Å². The molecule has 10 nitrogen and oxygen atoms in total. The minimum Gasteiger partial charge on any atom is -0.492 e. The smallest absolute Gasteiger partial charge is 0.254 e. The van der Waals surface area contributed by atoms with Crippen molar-refractivity contribution in [3.8, 4) is 5.75 Å². The largest absolute Gasteiger partial charge is 0.492 e. The molecule has 3 N–H and O–H groups in total. The van der Waals surface area contributed by atoms with Crippen LogP contribution >= 0.6 is 0 Å². The van der Waals surface area contributed by atoms with Crippen LogP contribution in [0.25, 0.3) is 11.2 Å². The number of nitrogens with zero attached hydrogens (tertiary/aromatic N) is 6. The molecule has 1 aromatic carbocycles. The molecule has 3 aromatic rings. The summed E-state index contributed by atoms with van der Waals surface area (Å²) in [6.45, 7) is 3.85. The fourth-order valence-corrected chi connectivity index (χ4v) is 3.94. The monoisotopic (exact) mass is 439 g/mol. The second-order valence-electron chi connectivity index (χ2n) is 8.64. The second kappa shape index (κ2) is 8.71. The van der Waals surface area contributed by atoms with Gasteiger partial charge in [0.25, 0.3) is 5.91 Å². The van der Waals surface area contributed by atoms with Crippen LogP contribution in [0.15, 0.2) is 36.9 Å². The lowest BCUT2D eigenvalue weighted by atomic mass is 9.87. The standard InChI is InChI=1S/C22H29N7O3/c1-22(31)7-8-28(12-17(22)29-14-26-18-19(23)24-13-25-20(18)29)21(30)15-5-4-6-16(11-15)32-10-9-27(2)3/h4-6,11,13-14,17,31H,7-10,12H2,1-3H3,(H2,23,24,25)/t17-,22-/m1/s1. The molecule has 1 aliphatic heterocycles. The van der Waals surface area contributed by atoms with Crippen LogP contribution in [-0.2, 0) is 0 Å². The molecule has 1 amide bonds. The van der Waals surface area contributed by atoms with Crippen molar-refractivity contribution in [1.29, 1.82) is 0 Å². The van der Waals surface area contributed by atoms with Gasteiger partial charge in [-0.2, -0.15) is 0 Å². The van der Waals surface area contributed by atoms with E-state index in [1.165, 1.54) is 6.33 Å². The Hall–Kier alpha value is -3.24. The maximum Gasteiger partial charge on any atom is 0.254 e. The number of hydrogen-bond acceptors (Lipinski definition) is 8. The third kappa shape index (κ3) is 4.37. The Morgan fingerprint density at radius 1 is 1.34 bits per heavy atom. The molecule has 170 valence electrons. The molecule has 0 unspecified atom stereocenters. The van der Waals surface area contributed by atoms with E-state index < -0.39 is 11.6 Å². The topological polar surface area (TPSA) is 123 Å². The van der Waals surface area contributed by atoms with Gasteiger partial charge in [0.2, 0.25) is 0 Å². The Morgan fingerprint density at radius 2 is 2.16 bits per heavy atom. The van der Waals surface area contributed by atoms with E-state index in [0.29, 0.717) is 48.6 Å². The molecule has 3 heterocycles. The number of imidazole rings is 1. The number of benzene rings is 1. The molecule has 1 saturated heterocycles. The van der Waals surface area contributed by atoms with Crippen molar-refractivity contribution in [2.24, 2.45) is 0 Å². The summed E-state index contributed by atoms with van der Waals surface area (Å²) in [5.41, 5.74) is 6.44. The Kier molecular flexibility index (Phi) is 5.98. The molecule has 2 aromatic heterocycles. The third-order valence-electron chi connectivity index (χ3n) is 5.90. The van der Waals surface area contributed by atoms with Gasteiger partial charge in [0.15, 0.2) is 11.5 Å². The predicted molar refractivity (Wildman–Crippen MR) is 120 cm³/mol. The second-order valence-corrected chi connectivity index (χ2v) is 8.64. The van der Waals surface area contributed by atoms with Crippen LogP contribution in [0.5, 0.6) is 5.75 Å². The van der Waals surface area contributed by atoms with Crippen molar-refractivity contribution in [1.82, 2.24) is 29.3 Å². The molecule has 1 fully saturated rings. The highest BCUT2D eigenvalue weighted by atomic mass is 16.5. The van der Waals surface area contributed by atoms with E-state index >= 15 is 0 Å². The number of nitrogens with two attached hydrogens (primary N) is 1. The first-order chi connectivity index (χ1) is 15.3. The first-order valence-electron chi connectivity index (χ1n) is 10.6. The van der Waals surface area contributed by atoms with Crippen molar-refractivity contribution in [2.75, 3.05) is 46.1 Å². The summed E-state index contributed by atoms with van der Waals surface area (Å²) in [6.07, 6.45) is 3.39. The van der Waals surface area contributed by atoms with E-state index in [9.17, 15) is 9.90 Å². The molecule has 1 aliphatic rings. The molecular weight excluding hydrogens is 410 g/mol. The highest BCUT2D eigenvalue weighted by Gasteiger charge is 2.41. The van der Waals surface area contributed by atoms with E-state index in [1.807, 2.05) is 31.1 Å². The normalized spacial score (nSPS) is 21.3. The summed E-state index contributed by atoms with van der Waals surface area (Å²) < 4.78 is 7.56. The third-order valence-corrected chi connectivity index (χ3v) is 5.90. The average molecular weight is 440 g/mol. The highest BCUT2D eigenvalue weighted by molar-refractivity contribution is 5.94. The number of fused-ring (bicyclic) bond motifs is 1. The highest BCUT2D eigenvalue weighted by Crippen LogP contribution is 2.34. The number of hydrogen-bond donors (Lipinski definition) is 2. The predicted octanol–water partition coefficient (Wildman–Crippen LogP) is 1.19. The zero-order valence-electron chi connectivity index (χ0n) is 18.6. The van der Waals surface area contributed by atoms with Crippen LogP contribution in [0.1, 0.15) is 29.7 Å². The number of amides is 1. The Labute approximate surface area is 186 Å². The number of carbonyl (C=O) groups is 1. The van der Waals surface area contributed by atoms with Crippen molar-refractivity contribution in [2.45, 2.75) is 25.0 Å². The van der Waals surface area contributed by atoms with Gasteiger partial charge in [-0.3, -0.25) is 4.79 Å². The summed E-state index contributed by atoms with van der Waals surface area (Å²) in [4.78, 5) is 29.7. The number of anilines is 1. The summed E-state index contributed by atoms with van der Waals surface area (Å²) in [5, 5.41) is 11.1. The van der Waals surface area contributed by atoms with Gasteiger partial charge < -0.3 is 29.9 Å². The summed E-state index contributed by atoms with van der Waals surface area (Å²) in [6, 6.07) is 6.78. The Morgan fingerprint density at radius 3 is 2.94 bits per heavy atom. The maximum absolute atomic E-state index is 13.3. The fourth-order valence-electron chi connectivity index (χ4n) is 3.94. The lowest BCUT2D eigenvalue weighted by Crippen LogP contribution is -2.52. The van der Waals surface area contributed by atoms with Crippen molar-refractivity contribution >= 4 is 22.9 Å². The number of carbonyl (C=O) groups excluding carboxylic acids is 1. The van der Waals surface area contributed by atoms with Crippen LogP contribution in [0.4, 0.5) is 5.82 Å². The maximum atomic E-state index is 13.3. The number of piperidine rings is 1. The van der Waals surface area contributed by atoms with Gasteiger partial charge in [0.1, 0.15) is 24.2 Å². The minimum atomic E-state index is -1.04. The number of aliphatic hydroxyl groups is 1. The van der Waals surface area contributed by atoms with E-state index in [0.717, 1.165) is 6.54 Å². The van der Waals surface area contributed by atoms with Crippen LogP contribution in [0.3, 0.4) is 0 Å². The Bertz CT molecular complexity index is 1110. The average Bonchev–Trinajstić information content (AvgIpc) is 3.18. The quantitative estimate of drug-likeness (QED) is 0.587. The molecule has 2 atom stereocenters. The zero-order chi connectivity index (χ0) is 22.9. The number of ether oxygens (including phenoxy) is 1. The molecule has 0 spiro atoms. The van der Waals surface area contributed by atoms with E-state index in [-0.39, 0.29) is 11.7 Å². The van der Waals surface area contributed by atoms with Crippen LogP contribution in [-0.4, -0.2) is 86.3 Å². The molecular formula is C22H29N7O3. The molecule has 10 heteroatoms. The van der Waals surface area contributed by atoms with Gasteiger partial charge in [0, 0.05) is 25.2 Å². The van der Waals surface area contributed by atoms with Gasteiger partial charge in [-0.05, 0) is 45.6 Å². The molecule has 0 saturated carbocycles. The van der Waals surface area contributed by atoms with Crippen LogP contribution in [0.2, 0.25) is 0 Å². The number of likely N-dealkylation sites (N-methyl/N-ethyl adjacent to an activating group) is 1. The lowest BCUT2D eigenvalue weighted by molar-refractivity contribution is -0.0433. The van der Waals surface area contributed by atoms with Gasteiger partial charge >= 0.3 is 0 Å². The van der Waals surface area contributed by atoms with Gasteiger partial charge in [-0.15, -0.1) is 0 Å². The lowest BCUT2D eigenvalue weighted by Gasteiger charge is -2.43. The number of rotatable bonds is 6. The summed E-state index contributed by atoms with van der Waals surface area (Å²) in [5.74, 6) is 0.830. The van der Waals surface area contributed by atoms with Crippen molar-refractivity contribution in [3.05, 3.63) is 42.5 Å². The van der Waals surface area contributed by atoms with E-state index in [1.54, 1.807) is 34.9 Å². The SMILES string of the molecule is CN(C)CCOc1cccc(C(=O)N2CC[C@@](C)(O)[C@H](n3cnc4c(N)ncnc43)C2)c1. The molecule has 4 rings (SSSR count). The van der Waals surface area contributed by atoms with Crippen LogP contribution < -0.4 is 10.5 Å². The summed E-state index contributed by atoms with van der Waals surface area (Å²) in [7, 11) is 3.96. The van der Waals surface area contributed by atoms with Gasteiger partial charge in [-0.25, -0.2) is 15.0 Å². The summed E-state index contributed by atoms with van der Waals surface area (Å²) >= 11 is 0. The molecule has 32 heavy (non-hydrogen) atoms. The molecule has 0 aliphatic carbocycles. The molecule has 0 bridgehead atoms. The molecule has 0 radical (unpaired) electrons. The zero-order valence-corrected chi connectivity index (χ0v) is 18.6. The van der Waals surface area contributed by atoms with E-state index in [2.05, 4.69) is 15.0 Å². The van der Waals surface area contributed by atoms with Crippen molar-refractivity contribution in [3.63, 3.8) is 0 Å². The number of likely N-dealkylation sites (tertiary alicyclic amines) is 1. The van der Waals surface area contributed by atoms with Crippen molar-refractivity contribution < 1.29 is 14.6 Å². The first-order valence-corrected chi connectivity index (χ1v) is 10.6. The van der Waals surface area contributed by atoms with Gasteiger partial charge in [0.05, 0.1) is 18.0 Å². The van der Waals surface area contributed by atoms with Gasteiger partial charge in [-0.1, -0.05) is 6.07 Å². The number of nitrogen functional groups attached to an aromatic ring is 1.